The highest BCUT2D eigenvalue weighted by Gasteiger charge is 2.14. The molecule has 0 spiro atoms. The minimum Gasteiger partial charge on any atom is -0.357 e. The zero-order valence-electron chi connectivity index (χ0n) is 19.1. The van der Waals surface area contributed by atoms with Crippen molar-refractivity contribution in [2.75, 3.05) is 58.6 Å². The Morgan fingerprint density at radius 2 is 1.77 bits per heavy atom. The lowest BCUT2D eigenvalue weighted by molar-refractivity contribution is 0.136. The number of unbranched alkanes of at least 4 members (excludes halogenated alkanes) is 1. The van der Waals surface area contributed by atoms with Gasteiger partial charge in [-0.2, -0.15) is 0 Å². The fourth-order valence-corrected chi connectivity index (χ4v) is 4.69. The second-order valence-electron chi connectivity index (χ2n) is 7.98. The minimum atomic E-state index is -3.19. The van der Waals surface area contributed by atoms with Gasteiger partial charge in [-0.25, -0.2) is 13.4 Å². The molecule has 2 rings (SSSR count). The fourth-order valence-electron chi connectivity index (χ4n) is 3.73. The van der Waals surface area contributed by atoms with Gasteiger partial charge in [-0.3, -0.25) is 0 Å². The summed E-state index contributed by atoms with van der Waals surface area (Å²) in [6, 6.07) is 5.42. The molecular weight excluding hydrogens is 398 g/mol. The number of nitrogens with one attached hydrogen (secondary N) is 2. The minimum absolute atomic E-state index is 0.386. The predicted octanol–water partition coefficient (Wildman–Crippen LogP) is 1.87. The average molecular weight is 438 g/mol. The molecule has 0 atom stereocenters. The van der Waals surface area contributed by atoms with Gasteiger partial charge in [0.15, 0.2) is 15.8 Å². The van der Waals surface area contributed by atoms with E-state index in [-0.39, 0.29) is 0 Å². The third-order valence-electron chi connectivity index (χ3n) is 5.51. The van der Waals surface area contributed by atoms with Crippen LogP contribution < -0.4 is 10.6 Å². The Labute approximate surface area is 182 Å². The molecule has 8 heteroatoms. The van der Waals surface area contributed by atoms with Gasteiger partial charge in [-0.15, -0.1) is 0 Å². The molecule has 170 valence electrons. The number of aryl methyl sites for hydroxylation is 1. The van der Waals surface area contributed by atoms with Crippen LogP contribution in [0.15, 0.2) is 28.1 Å². The summed E-state index contributed by atoms with van der Waals surface area (Å²) in [4.78, 5) is 10.1. The van der Waals surface area contributed by atoms with Gasteiger partial charge in [-0.1, -0.05) is 19.1 Å². The number of rotatable bonds is 10. The Hall–Kier alpha value is -1.64. The summed E-state index contributed by atoms with van der Waals surface area (Å²) in [6.07, 6.45) is 3.54. The molecule has 0 aromatic heterocycles. The summed E-state index contributed by atoms with van der Waals surface area (Å²) in [7, 11) is -3.19. The average Bonchev–Trinajstić information content (AvgIpc) is 2.71. The van der Waals surface area contributed by atoms with Gasteiger partial charge in [0.2, 0.25) is 0 Å². The molecule has 0 unspecified atom stereocenters. The quantitative estimate of drug-likeness (QED) is 0.331. The second kappa shape index (κ2) is 12.3. The molecule has 1 aliphatic heterocycles. The van der Waals surface area contributed by atoms with E-state index in [2.05, 4.69) is 39.3 Å². The number of nitrogens with zero attached hydrogens (tertiary/aromatic N) is 3. The van der Waals surface area contributed by atoms with Crippen molar-refractivity contribution < 1.29 is 8.42 Å². The Morgan fingerprint density at radius 3 is 2.37 bits per heavy atom. The number of likely N-dealkylation sites (N-methyl/N-ethyl adjacent to an activating group) is 1. The van der Waals surface area contributed by atoms with E-state index >= 15 is 0 Å². The first-order valence-corrected chi connectivity index (χ1v) is 13.0. The van der Waals surface area contributed by atoms with Crippen LogP contribution in [0.25, 0.3) is 0 Å². The Balaban J connectivity index is 1.76. The highest BCUT2D eigenvalue weighted by molar-refractivity contribution is 7.90. The second-order valence-corrected chi connectivity index (χ2v) is 9.96. The van der Waals surface area contributed by atoms with Gasteiger partial charge in [0.1, 0.15) is 0 Å². The summed E-state index contributed by atoms with van der Waals surface area (Å²) in [5.74, 6) is 0.805. The van der Waals surface area contributed by atoms with Gasteiger partial charge in [-0.05, 0) is 57.0 Å². The highest BCUT2D eigenvalue weighted by atomic mass is 32.2. The number of benzene rings is 1. The maximum Gasteiger partial charge on any atom is 0.191 e. The van der Waals surface area contributed by atoms with Crippen LogP contribution in [0.2, 0.25) is 0 Å². The molecule has 0 saturated carbocycles. The molecule has 1 aromatic rings. The molecule has 30 heavy (non-hydrogen) atoms. The smallest absolute Gasteiger partial charge is 0.191 e. The summed E-state index contributed by atoms with van der Waals surface area (Å²) >= 11 is 0. The lowest BCUT2D eigenvalue weighted by Crippen LogP contribution is -2.46. The molecule has 0 aliphatic carbocycles. The summed E-state index contributed by atoms with van der Waals surface area (Å²) in [6.45, 7) is 15.4. The van der Waals surface area contributed by atoms with Gasteiger partial charge >= 0.3 is 0 Å². The number of aliphatic imine (C=N–C) groups is 1. The third-order valence-corrected chi connectivity index (χ3v) is 6.77. The Bertz CT molecular complexity index is 787. The largest absolute Gasteiger partial charge is 0.357 e. The van der Waals surface area contributed by atoms with Crippen molar-refractivity contribution in [1.29, 1.82) is 0 Å². The number of sulfone groups is 1. The van der Waals surface area contributed by atoms with Gasteiger partial charge < -0.3 is 20.4 Å². The van der Waals surface area contributed by atoms with Crippen molar-refractivity contribution in [3.63, 3.8) is 0 Å². The molecule has 0 amide bonds. The molecular formula is C22H39N5O2S. The molecule has 1 fully saturated rings. The first-order chi connectivity index (χ1) is 14.3. The summed E-state index contributed by atoms with van der Waals surface area (Å²) in [5, 5.41) is 6.69. The standard InChI is InChI=1S/C22H39N5O2S/c1-5-23-22(24-11-7-8-12-27-15-13-26(6-2)14-16-27)25-18-20-9-10-21(19(3)17-20)30(4,28)29/h9-10,17H,5-8,11-16,18H2,1-4H3,(H2,23,24,25). The maximum atomic E-state index is 11.8. The van der Waals surface area contributed by atoms with Crippen LogP contribution in [0.3, 0.4) is 0 Å². The van der Waals surface area contributed by atoms with Crippen molar-refractivity contribution in [2.45, 2.75) is 45.1 Å². The lowest BCUT2D eigenvalue weighted by Gasteiger charge is -2.34. The van der Waals surface area contributed by atoms with E-state index in [0.29, 0.717) is 11.4 Å². The van der Waals surface area contributed by atoms with E-state index in [1.54, 1.807) is 6.07 Å². The summed E-state index contributed by atoms with van der Waals surface area (Å²) in [5.41, 5.74) is 1.77. The topological polar surface area (TPSA) is 77.0 Å². The zero-order chi connectivity index (χ0) is 22.0. The van der Waals surface area contributed by atoms with Gasteiger partial charge in [0.25, 0.3) is 0 Å². The molecule has 2 N–H and O–H groups in total. The summed E-state index contributed by atoms with van der Waals surface area (Å²) < 4.78 is 23.5. The van der Waals surface area contributed by atoms with Crippen molar-refractivity contribution in [1.82, 2.24) is 20.4 Å². The van der Waals surface area contributed by atoms with Crippen LogP contribution in [-0.2, 0) is 16.4 Å². The third kappa shape index (κ3) is 8.24. The normalized spacial score (nSPS) is 16.6. The highest BCUT2D eigenvalue weighted by Crippen LogP contribution is 2.17. The SMILES string of the molecule is CCNC(=NCc1ccc(S(C)(=O)=O)c(C)c1)NCCCCN1CCN(CC)CC1. The van der Waals surface area contributed by atoms with E-state index in [9.17, 15) is 8.42 Å². The molecule has 1 heterocycles. The van der Waals surface area contributed by atoms with Crippen LogP contribution in [0.4, 0.5) is 0 Å². The molecule has 0 bridgehead atoms. The first kappa shape index (κ1) is 24.6. The Morgan fingerprint density at radius 1 is 1.07 bits per heavy atom. The molecule has 1 saturated heterocycles. The van der Waals surface area contributed by atoms with Crippen molar-refractivity contribution in [3.05, 3.63) is 29.3 Å². The van der Waals surface area contributed by atoms with E-state index in [4.69, 9.17) is 0 Å². The van der Waals surface area contributed by atoms with E-state index in [1.807, 2.05) is 19.1 Å². The van der Waals surface area contributed by atoms with Crippen molar-refractivity contribution >= 4 is 15.8 Å². The predicted molar refractivity (Wildman–Crippen MR) is 125 cm³/mol. The Kier molecular flexibility index (Phi) is 10.1. The number of hydrogen-bond donors (Lipinski definition) is 2. The maximum absolute atomic E-state index is 11.8. The zero-order valence-corrected chi connectivity index (χ0v) is 19.9. The van der Waals surface area contributed by atoms with Gasteiger partial charge in [0, 0.05) is 45.5 Å². The molecule has 7 nitrogen and oxygen atoms in total. The number of hydrogen-bond acceptors (Lipinski definition) is 5. The fraction of sp³-hybridized carbons (Fsp3) is 0.682. The number of piperazine rings is 1. The van der Waals surface area contributed by atoms with Crippen LogP contribution in [0.5, 0.6) is 0 Å². The van der Waals surface area contributed by atoms with Crippen LogP contribution >= 0.6 is 0 Å². The lowest BCUT2D eigenvalue weighted by atomic mass is 10.1. The monoisotopic (exact) mass is 437 g/mol. The van der Waals surface area contributed by atoms with Crippen molar-refractivity contribution in [2.24, 2.45) is 4.99 Å². The van der Waals surface area contributed by atoms with Crippen molar-refractivity contribution in [3.8, 4) is 0 Å². The van der Waals surface area contributed by atoms with E-state index in [1.165, 1.54) is 45.4 Å². The first-order valence-electron chi connectivity index (χ1n) is 11.1. The van der Waals surface area contributed by atoms with Crippen LogP contribution in [0.1, 0.15) is 37.8 Å². The van der Waals surface area contributed by atoms with E-state index < -0.39 is 9.84 Å². The molecule has 1 aliphatic rings. The van der Waals surface area contributed by atoms with Crippen LogP contribution in [-0.4, -0.2) is 82.8 Å². The molecule has 0 radical (unpaired) electrons. The molecule has 1 aromatic carbocycles. The number of guanidine groups is 1. The van der Waals surface area contributed by atoms with E-state index in [0.717, 1.165) is 43.1 Å². The van der Waals surface area contributed by atoms with Gasteiger partial charge in [0.05, 0.1) is 11.4 Å². The van der Waals surface area contributed by atoms with Crippen LogP contribution in [0, 0.1) is 6.92 Å².